The van der Waals surface area contributed by atoms with Crippen molar-refractivity contribution in [2.75, 3.05) is 9.80 Å². The van der Waals surface area contributed by atoms with Crippen LogP contribution in [0.15, 0.2) is 183 Å². The van der Waals surface area contributed by atoms with Crippen LogP contribution in [0.3, 0.4) is 0 Å². The molecule has 10 rings (SSSR count). The van der Waals surface area contributed by atoms with Crippen molar-refractivity contribution in [3.8, 4) is 33.4 Å². The van der Waals surface area contributed by atoms with Gasteiger partial charge in [0.15, 0.2) is 0 Å². The summed E-state index contributed by atoms with van der Waals surface area (Å²) < 4.78 is 0. The van der Waals surface area contributed by atoms with Crippen LogP contribution in [0.2, 0.25) is 0 Å². The molecule has 0 saturated carbocycles. The Labute approximate surface area is 329 Å². The van der Waals surface area contributed by atoms with Crippen LogP contribution < -0.4 is 9.80 Å². The molecule has 8 aromatic rings. The first-order valence-corrected chi connectivity index (χ1v) is 19.4. The van der Waals surface area contributed by atoms with Crippen molar-refractivity contribution in [1.82, 2.24) is 9.97 Å². The van der Waals surface area contributed by atoms with Crippen molar-refractivity contribution in [3.05, 3.63) is 205 Å². The summed E-state index contributed by atoms with van der Waals surface area (Å²) in [7, 11) is 0. The van der Waals surface area contributed by atoms with Gasteiger partial charge in [0.25, 0.3) is 0 Å². The summed E-state index contributed by atoms with van der Waals surface area (Å²) in [5, 5.41) is 0. The van der Waals surface area contributed by atoms with Gasteiger partial charge in [0.05, 0.1) is 22.7 Å². The molecule has 2 aliphatic heterocycles. The third-order valence-corrected chi connectivity index (χ3v) is 12.0. The largest absolute Gasteiger partial charge is 0.310 e. The van der Waals surface area contributed by atoms with Gasteiger partial charge in [-0.2, -0.15) is 0 Å². The third kappa shape index (κ3) is 5.36. The van der Waals surface area contributed by atoms with Crippen LogP contribution in [0.5, 0.6) is 0 Å². The van der Waals surface area contributed by atoms with E-state index in [1.54, 1.807) is 0 Å². The minimum Gasteiger partial charge on any atom is -0.310 e. The summed E-state index contributed by atoms with van der Waals surface area (Å²) in [6.07, 6.45) is 7.54. The molecule has 2 aromatic heterocycles. The van der Waals surface area contributed by atoms with Crippen LogP contribution in [-0.2, 0) is 10.8 Å². The second kappa shape index (κ2) is 12.9. The highest BCUT2D eigenvalue weighted by Gasteiger charge is 2.39. The Kier molecular flexibility index (Phi) is 7.79. The molecule has 4 nitrogen and oxygen atoms in total. The molecule has 6 aromatic carbocycles. The summed E-state index contributed by atoms with van der Waals surface area (Å²) in [5.41, 5.74) is 18.7. The number of aromatic nitrogens is 2. The van der Waals surface area contributed by atoms with E-state index in [-0.39, 0.29) is 10.8 Å². The zero-order valence-corrected chi connectivity index (χ0v) is 32.1. The van der Waals surface area contributed by atoms with Crippen LogP contribution >= 0.6 is 0 Å². The van der Waals surface area contributed by atoms with E-state index in [9.17, 15) is 0 Å². The van der Waals surface area contributed by atoms with Gasteiger partial charge in [-0.15, -0.1) is 0 Å². The predicted molar refractivity (Wildman–Crippen MR) is 232 cm³/mol. The molecule has 0 radical (unpaired) electrons. The number of pyridine rings is 2. The van der Waals surface area contributed by atoms with Crippen LogP contribution in [0.4, 0.5) is 34.1 Å². The monoisotopic (exact) mass is 722 g/mol. The number of hydrogen-bond donors (Lipinski definition) is 0. The van der Waals surface area contributed by atoms with Gasteiger partial charge in [-0.25, -0.2) is 0 Å². The standard InChI is InChI=1S/C52H42N4/c1-51(2)43-18-8-10-20-47(43)55(41-16-6-5-7-17-41)49-24-22-35(31-45(49)51)36-23-25-50-46(32-36)52(3,4)44-19-9-11-21-48(44)56(50)42-29-39(37-14-12-26-53-33-37)28-40(30-42)38-15-13-27-54-34-38/h5-34H,1-4H3. The highest BCUT2D eigenvalue weighted by molar-refractivity contribution is 5.92. The molecular weight excluding hydrogens is 681 g/mol. The zero-order valence-electron chi connectivity index (χ0n) is 32.1. The molecule has 0 atom stereocenters. The summed E-state index contributed by atoms with van der Waals surface area (Å²) in [6, 6.07) is 57.7. The Balaban J connectivity index is 1.14. The van der Waals surface area contributed by atoms with E-state index >= 15 is 0 Å². The van der Waals surface area contributed by atoms with Gasteiger partial charge in [-0.3, -0.25) is 9.97 Å². The number of hydrogen-bond acceptors (Lipinski definition) is 4. The lowest BCUT2D eigenvalue weighted by Crippen LogP contribution is -2.31. The zero-order chi connectivity index (χ0) is 38.0. The second-order valence-corrected chi connectivity index (χ2v) is 16.0. The van der Waals surface area contributed by atoms with Crippen LogP contribution in [0, 0.1) is 0 Å². The van der Waals surface area contributed by atoms with Gasteiger partial charge in [0, 0.05) is 58.1 Å². The molecule has 4 heterocycles. The molecule has 0 unspecified atom stereocenters. The molecule has 2 aliphatic rings. The average Bonchev–Trinajstić information content (AvgIpc) is 3.25. The number of nitrogens with zero attached hydrogens (tertiary/aromatic N) is 4. The van der Waals surface area contributed by atoms with Gasteiger partial charge in [0.2, 0.25) is 0 Å². The summed E-state index contributed by atoms with van der Waals surface area (Å²) in [6.45, 7) is 9.45. The third-order valence-electron chi connectivity index (χ3n) is 12.0. The summed E-state index contributed by atoms with van der Waals surface area (Å²) >= 11 is 0. The molecule has 0 saturated heterocycles. The summed E-state index contributed by atoms with van der Waals surface area (Å²) in [5.74, 6) is 0. The Morgan fingerprint density at radius 3 is 1.27 bits per heavy atom. The van der Waals surface area contributed by atoms with Crippen molar-refractivity contribution < 1.29 is 0 Å². The molecule has 0 fully saturated rings. The Morgan fingerprint density at radius 1 is 0.339 bits per heavy atom. The normalized spacial score (nSPS) is 14.6. The van der Waals surface area contributed by atoms with Crippen molar-refractivity contribution >= 4 is 34.1 Å². The maximum atomic E-state index is 4.47. The number of fused-ring (bicyclic) bond motifs is 4. The highest BCUT2D eigenvalue weighted by atomic mass is 15.2. The minimum absolute atomic E-state index is 0.193. The van der Waals surface area contributed by atoms with Gasteiger partial charge in [0.1, 0.15) is 0 Å². The minimum atomic E-state index is -0.248. The van der Waals surface area contributed by atoms with Gasteiger partial charge < -0.3 is 9.80 Å². The Morgan fingerprint density at radius 2 is 0.786 bits per heavy atom. The average molecular weight is 723 g/mol. The van der Waals surface area contributed by atoms with Crippen molar-refractivity contribution in [2.45, 2.75) is 38.5 Å². The van der Waals surface area contributed by atoms with Crippen molar-refractivity contribution in [3.63, 3.8) is 0 Å². The fourth-order valence-electron chi connectivity index (χ4n) is 9.04. The molecule has 0 bridgehead atoms. The van der Waals surface area contributed by atoms with E-state index < -0.39 is 0 Å². The quantitative estimate of drug-likeness (QED) is 0.177. The lowest BCUT2D eigenvalue weighted by molar-refractivity contribution is 0.631. The van der Waals surface area contributed by atoms with E-state index in [0.717, 1.165) is 33.6 Å². The number of rotatable bonds is 5. The Bertz CT molecular complexity index is 2700. The van der Waals surface area contributed by atoms with Gasteiger partial charge in [-0.05, 0) is 123 Å². The lowest BCUT2D eigenvalue weighted by Gasteiger charge is -2.43. The molecule has 4 heteroatoms. The number of anilines is 6. The van der Waals surface area contributed by atoms with Gasteiger partial charge >= 0.3 is 0 Å². The maximum absolute atomic E-state index is 4.47. The van der Waals surface area contributed by atoms with E-state index in [0.29, 0.717) is 0 Å². The van der Waals surface area contributed by atoms with E-state index in [2.05, 4.69) is 193 Å². The molecule has 56 heavy (non-hydrogen) atoms. The molecule has 270 valence electrons. The number of benzene rings is 6. The van der Waals surface area contributed by atoms with Crippen LogP contribution in [-0.4, -0.2) is 9.97 Å². The first kappa shape index (κ1) is 33.8. The highest BCUT2D eigenvalue weighted by Crippen LogP contribution is 2.55. The first-order valence-electron chi connectivity index (χ1n) is 19.4. The van der Waals surface area contributed by atoms with E-state index in [1.807, 2.05) is 36.9 Å². The van der Waals surface area contributed by atoms with Crippen molar-refractivity contribution in [1.29, 1.82) is 0 Å². The topological polar surface area (TPSA) is 32.3 Å². The molecule has 0 amide bonds. The fraction of sp³-hybridized carbons (Fsp3) is 0.115. The fourth-order valence-corrected chi connectivity index (χ4v) is 9.04. The number of para-hydroxylation sites is 3. The molecule has 0 spiro atoms. The van der Waals surface area contributed by atoms with Crippen LogP contribution in [0.1, 0.15) is 49.9 Å². The van der Waals surface area contributed by atoms with Crippen molar-refractivity contribution in [2.24, 2.45) is 0 Å². The van der Waals surface area contributed by atoms with Gasteiger partial charge in [-0.1, -0.05) is 107 Å². The van der Waals surface area contributed by atoms with E-state index in [1.165, 1.54) is 56.1 Å². The Hall–Kier alpha value is -6.78. The smallest absolute Gasteiger partial charge is 0.0503 e. The SMILES string of the molecule is CC1(C)c2ccccc2N(c2ccccc2)c2ccc(-c3ccc4c(c3)C(C)(C)c3ccccc3N4c3cc(-c4cccnc4)cc(-c4cccnc4)c3)cc21. The second-order valence-electron chi connectivity index (χ2n) is 16.0. The molecule has 0 aliphatic carbocycles. The molecule has 0 N–H and O–H groups in total. The lowest BCUT2D eigenvalue weighted by atomic mass is 9.71. The van der Waals surface area contributed by atoms with E-state index in [4.69, 9.17) is 0 Å². The maximum Gasteiger partial charge on any atom is 0.0503 e. The van der Waals surface area contributed by atoms with Crippen LogP contribution in [0.25, 0.3) is 33.4 Å². The predicted octanol–water partition coefficient (Wildman–Crippen LogP) is 13.7. The first-order chi connectivity index (χ1) is 27.3. The molecular formula is C52H42N4. The summed E-state index contributed by atoms with van der Waals surface area (Å²) in [4.78, 5) is 13.8.